The maximum atomic E-state index is 13.5. The second-order valence-corrected chi connectivity index (χ2v) is 26.9. The smallest absolute Gasteiger partial charge is 0.324 e. The number of Topliss-reactive ketones (excluding diaryl/α,β-unsaturated/α-hetero) is 4. The van der Waals surface area contributed by atoms with Gasteiger partial charge < -0.3 is 55.6 Å². The summed E-state index contributed by atoms with van der Waals surface area (Å²) in [7, 11) is 4.84. The Morgan fingerprint density at radius 2 is 0.909 bits per heavy atom. The van der Waals surface area contributed by atoms with E-state index in [1.54, 1.807) is 107 Å². The summed E-state index contributed by atoms with van der Waals surface area (Å²) in [6.45, 7) is 23.0. The molecule has 2 saturated carbocycles. The molecule has 3 aromatic heterocycles. The summed E-state index contributed by atoms with van der Waals surface area (Å²) in [5.41, 5.74) is 6.85. The number of carbonyl (C=O) groups excluding carboxylic acids is 11. The van der Waals surface area contributed by atoms with Crippen LogP contribution >= 0.6 is 0 Å². The molecule has 7 amide bonds. The van der Waals surface area contributed by atoms with Gasteiger partial charge in [0.1, 0.15) is 23.0 Å². The van der Waals surface area contributed by atoms with E-state index in [9.17, 15) is 65.9 Å². The van der Waals surface area contributed by atoms with Gasteiger partial charge in [-0.1, -0.05) is 26.7 Å². The molecule has 4 aliphatic rings. The van der Waals surface area contributed by atoms with Gasteiger partial charge in [0.15, 0.2) is 5.78 Å². The third-order valence-electron chi connectivity index (χ3n) is 20.0. The van der Waals surface area contributed by atoms with Crippen molar-refractivity contribution >= 4 is 99.6 Å². The molecule has 5 heterocycles. The quantitative estimate of drug-likeness (QED) is 0.0287. The molecular formula is C73H80BF3N10O12. The zero-order valence-corrected chi connectivity index (χ0v) is 58.2. The lowest BCUT2D eigenvalue weighted by Gasteiger charge is -2.29. The van der Waals surface area contributed by atoms with Crippen LogP contribution in [0.15, 0.2) is 72.8 Å². The van der Waals surface area contributed by atoms with E-state index in [1.807, 2.05) is 26.7 Å². The molecule has 0 radical (unpaired) electrons. The van der Waals surface area contributed by atoms with Crippen LogP contribution in [-0.4, -0.2) is 103 Å². The first-order valence-electron chi connectivity index (χ1n) is 32.2. The monoisotopic (exact) mass is 1360 g/mol. The molecule has 2 aliphatic carbocycles. The maximum Gasteiger partial charge on any atom is 0.324 e. The molecule has 2 aliphatic heterocycles. The fourth-order valence-corrected chi connectivity index (χ4v) is 13.5. The van der Waals surface area contributed by atoms with E-state index in [0.29, 0.717) is 105 Å². The number of halogens is 3. The highest BCUT2D eigenvalue weighted by molar-refractivity contribution is 6.67. The summed E-state index contributed by atoms with van der Waals surface area (Å²) >= 11 is 0. The second-order valence-electron chi connectivity index (χ2n) is 26.9. The third-order valence-corrected chi connectivity index (χ3v) is 20.0. The van der Waals surface area contributed by atoms with Crippen LogP contribution < -0.4 is 42.7 Å². The Labute approximate surface area is 571 Å². The number of carbonyl (C=O) groups is 11. The van der Waals surface area contributed by atoms with Crippen molar-refractivity contribution in [1.82, 2.24) is 29.7 Å². The SMILES string of the molecule is CB1OCc2cc(NC(=O)C(=O)c3c(C)c(C(=O)Nc4ccc(F)c(C)c4)c(C)n3C)ccc21.Cc1cc(NC(=O)c2c(C)c(C(=O)C(=O)NC3(C)C(=O)NCC34CC4)n(C)c2C)ccc1F.Cc1cc(NC(=O)c2c(C)c(C(=O)C(=O)NC3C(=O)CCC3(C)C)n(C)c2C)ccc1F. The number of hydrogen-bond acceptors (Lipinski definition) is 12. The summed E-state index contributed by atoms with van der Waals surface area (Å²) in [5.74, 6) is -7.80. The number of rotatable bonds is 15. The van der Waals surface area contributed by atoms with Gasteiger partial charge in [0.25, 0.3) is 52.8 Å². The van der Waals surface area contributed by atoms with Crippen molar-refractivity contribution in [3.05, 3.63) is 180 Å². The van der Waals surface area contributed by atoms with Gasteiger partial charge in [0.2, 0.25) is 5.91 Å². The number of anilines is 4. The van der Waals surface area contributed by atoms with Crippen LogP contribution in [0.5, 0.6) is 0 Å². The number of fused-ring (bicyclic) bond motifs is 1. The highest BCUT2D eigenvalue weighted by atomic mass is 19.1. The van der Waals surface area contributed by atoms with Gasteiger partial charge in [-0.2, -0.15) is 0 Å². The van der Waals surface area contributed by atoms with Crippen LogP contribution in [0.2, 0.25) is 6.82 Å². The van der Waals surface area contributed by atoms with E-state index in [2.05, 4.69) is 37.2 Å². The number of aryl methyl sites for hydroxylation is 3. The van der Waals surface area contributed by atoms with Crippen molar-refractivity contribution in [1.29, 1.82) is 0 Å². The Morgan fingerprint density at radius 3 is 1.29 bits per heavy atom. The molecule has 11 rings (SSSR count). The van der Waals surface area contributed by atoms with Crippen molar-refractivity contribution in [2.45, 2.75) is 134 Å². The molecule has 518 valence electrons. The van der Waals surface area contributed by atoms with Crippen LogP contribution in [0.3, 0.4) is 0 Å². The maximum absolute atomic E-state index is 13.5. The molecule has 7 N–H and O–H groups in total. The molecule has 26 heteroatoms. The first-order valence-corrected chi connectivity index (χ1v) is 32.2. The molecule has 0 bridgehead atoms. The number of hydrogen-bond donors (Lipinski definition) is 7. The molecule has 1 spiro atoms. The molecular weight excluding hydrogens is 1280 g/mol. The molecule has 99 heavy (non-hydrogen) atoms. The molecule has 7 aromatic rings. The van der Waals surface area contributed by atoms with Crippen molar-refractivity contribution < 1.29 is 70.6 Å². The van der Waals surface area contributed by atoms with Crippen LogP contribution in [0.25, 0.3) is 0 Å². The number of nitrogens with one attached hydrogen (secondary N) is 7. The Morgan fingerprint density at radius 1 is 0.525 bits per heavy atom. The first kappa shape index (κ1) is 72.8. The average molecular weight is 1360 g/mol. The van der Waals surface area contributed by atoms with E-state index in [4.69, 9.17) is 4.65 Å². The number of benzene rings is 4. The lowest BCUT2D eigenvalue weighted by Crippen LogP contribution is -2.57. The zero-order valence-electron chi connectivity index (χ0n) is 58.2. The lowest BCUT2D eigenvalue weighted by atomic mass is 9.64. The van der Waals surface area contributed by atoms with Crippen molar-refractivity contribution in [3.8, 4) is 0 Å². The molecule has 4 aromatic carbocycles. The topological polar surface area (TPSA) is 296 Å². The lowest BCUT2D eigenvalue weighted by molar-refractivity contribution is -0.130. The predicted molar refractivity (Wildman–Crippen MR) is 367 cm³/mol. The van der Waals surface area contributed by atoms with Gasteiger partial charge >= 0.3 is 6.92 Å². The minimum absolute atomic E-state index is 0.00114. The summed E-state index contributed by atoms with van der Waals surface area (Å²) < 4.78 is 50.7. The van der Waals surface area contributed by atoms with Gasteiger partial charge in [0.05, 0.1) is 46.4 Å². The number of amides is 7. The molecule has 2 atom stereocenters. The van der Waals surface area contributed by atoms with E-state index < -0.39 is 69.8 Å². The zero-order chi connectivity index (χ0) is 73.0. The van der Waals surface area contributed by atoms with E-state index in [0.717, 1.165) is 23.9 Å². The van der Waals surface area contributed by atoms with E-state index in [1.165, 1.54) is 63.7 Å². The van der Waals surface area contributed by atoms with Gasteiger partial charge in [-0.25, -0.2) is 13.2 Å². The van der Waals surface area contributed by atoms with Crippen LogP contribution in [0.4, 0.5) is 35.9 Å². The second kappa shape index (κ2) is 27.8. The van der Waals surface area contributed by atoms with Crippen LogP contribution in [0, 0.1) is 90.6 Å². The third kappa shape index (κ3) is 14.0. The van der Waals surface area contributed by atoms with Crippen LogP contribution in [0.1, 0.15) is 165 Å². The summed E-state index contributed by atoms with van der Waals surface area (Å²) in [6, 6.07) is 17.4. The predicted octanol–water partition coefficient (Wildman–Crippen LogP) is 9.23. The van der Waals surface area contributed by atoms with Crippen molar-refractivity contribution in [2.24, 2.45) is 32.0 Å². The van der Waals surface area contributed by atoms with Gasteiger partial charge in [-0.05, 0) is 205 Å². The molecule has 1 saturated heterocycles. The standard InChI is InChI=1S/C25H25BFN3O4.C24H27FN4O4.C24H28FN3O4/c1-13-10-17(7-9-20(13)27)28-24(32)21-14(2)22(30(5)15(21)3)23(31)25(33)29-18-6-8-19-16(11-18)12-34-26(19)4;1-12-10-15(6-7-16(12)25)27-20(31)17-13(2)18(29(5)14(17)3)19(30)21(32)28-23(4)22(33)26-11-24(23)8-9-24;1-12-11-15(7-8-16(12)25)26-22(31)18-13(2)19(28(6)14(18)3)20(30)23(32)27-21-17(29)9-10-24(21,4)5/h6-11H,12H2,1-5H3,(H,28,32)(H,29,33);6-7,10H,8-9,11H2,1-5H3,(H,26,33)(H,27,31)(H,28,32);7-8,11,21H,9-10H2,1-6H3,(H,26,31)(H,27,32). The fourth-order valence-electron chi connectivity index (χ4n) is 13.5. The fraction of sp³-hybridized carbons (Fsp3) is 0.356. The minimum atomic E-state index is -1.14. The van der Waals surface area contributed by atoms with Crippen molar-refractivity contribution in [2.75, 3.05) is 27.8 Å². The number of ketones is 4. The Bertz CT molecular complexity index is 4630. The highest BCUT2D eigenvalue weighted by Crippen LogP contribution is 2.56. The van der Waals surface area contributed by atoms with E-state index >= 15 is 0 Å². The van der Waals surface area contributed by atoms with Crippen LogP contribution in [-0.2, 0) is 56.4 Å². The Balaban J connectivity index is 0.000000174. The van der Waals surface area contributed by atoms with Gasteiger partial charge in [-0.15, -0.1) is 0 Å². The molecule has 3 fully saturated rings. The molecule has 2 unspecified atom stereocenters. The summed E-state index contributed by atoms with van der Waals surface area (Å²) in [5, 5.41) is 18.9. The van der Waals surface area contributed by atoms with Gasteiger partial charge in [0, 0.05) is 79.4 Å². The van der Waals surface area contributed by atoms with E-state index in [-0.39, 0.29) is 69.7 Å². The average Bonchev–Trinajstić information content (AvgIpc) is 1.55. The van der Waals surface area contributed by atoms with Crippen molar-refractivity contribution in [3.63, 3.8) is 0 Å². The number of aromatic nitrogens is 3. The van der Waals surface area contributed by atoms with Gasteiger partial charge in [-0.3, -0.25) is 52.7 Å². The normalized spacial score (nSPS) is 16.7. The largest absolute Gasteiger partial charge is 0.427 e. The first-order chi connectivity index (χ1) is 46.3. The summed E-state index contributed by atoms with van der Waals surface area (Å²) in [4.78, 5) is 141. The highest BCUT2D eigenvalue weighted by Gasteiger charge is 2.65. The Hall–Kier alpha value is -10.5. The molecule has 22 nitrogen and oxygen atoms in total. The Kier molecular flexibility index (Phi) is 20.4. The minimum Gasteiger partial charge on any atom is -0.427 e. The summed E-state index contributed by atoms with van der Waals surface area (Å²) in [6.07, 6.45) is 2.60. The number of nitrogens with zero attached hydrogens (tertiary/aromatic N) is 3.